The predicted octanol–water partition coefficient (Wildman–Crippen LogP) is 2.58. The maximum Gasteiger partial charge on any atom is 0.0590 e. The quantitative estimate of drug-likeness (QED) is 0.754. The van der Waals surface area contributed by atoms with Gasteiger partial charge < -0.3 is 10.1 Å². The van der Waals surface area contributed by atoms with Crippen LogP contribution in [0.3, 0.4) is 0 Å². The molecule has 0 amide bonds. The lowest BCUT2D eigenvalue weighted by Crippen LogP contribution is -2.41. The second kappa shape index (κ2) is 5.31. The van der Waals surface area contributed by atoms with Crippen LogP contribution in [-0.4, -0.2) is 25.3 Å². The van der Waals surface area contributed by atoms with E-state index in [1.165, 1.54) is 32.1 Å². The molecule has 2 heteroatoms. The van der Waals surface area contributed by atoms with Crippen LogP contribution >= 0.6 is 0 Å². The van der Waals surface area contributed by atoms with Crippen LogP contribution in [0.15, 0.2) is 0 Å². The summed E-state index contributed by atoms with van der Waals surface area (Å²) in [5, 5.41) is 3.67. The van der Waals surface area contributed by atoms with Gasteiger partial charge in [0.15, 0.2) is 0 Å². The minimum Gasteiger partial charge on any atom is -0.378 e. The van der Waals surface area contributed by atoms with Crippen molar-refractivity contribution in [2.75, 3.05) is 13.2 Å². The topological polar surface area (TPSA) is 21.3 Å². The zero-order chi connectivity index (χ0) is 10.7. The Hall–Kier alpha value is -0.0800. The first-order valence-electron chi connectivity index (χ1n) is 6.66. The fourth-order valence-electron chi connectivity index (χ4n) is 3.04. The molecule has 1 aliphatic heterocycles. The smallest absolute Gasteiger partial charge is 0.0590 e. The highest BCUT2D eigenvalue weighted by Crippen LogP contribution is 2.34. The van der Waals surface area contributed by atoms with Crippen molar-refractivity contribution in [2.45, 2.75) is 58.1 Å². The van der Waals surface area contributed by atoms with Gasteiger partial charge in [0.1, 0.15) is 0 Å². The van der Waals surface area contributed by atoms with Gasteiger partial charge in [-0.3, -0.25) is 0 Å². The number of rotatable bonds is 5. The van der Waals surface area contributed by atoms with E-state index in [1.54, 1.807) is 0 Å². The average Bonchev–Trinajstić information content (AvgIpc) is 2.56. The van der Waals surface area contributed by atoms with Crippen LogP contribution in [0.2, 0.25) is 0 Å². The SMILES string of the molecule is CCNC(CC1CCC1)C1CCOC1C. The van der Waals surface area contributed by atoms with Gasteiger partial charge in [0.25, 0.3) is 0 Å². The maximum absolute atomic E-state index is 5.69. The van der Waals surface area contributed by atoms with Crippen molar-refractivity contribution in [2.24, 2.45) is 11.8 Å². The van der Waals surface area contributed by atoms with Crippen LogP contribution in [-0.2, 0) is 4.74 Å². The summed E-state index contributed by atoms with van der Waals surface area (Å²) in [5.74, 6) is 1.76. The molecular weight excluding hydrogens is 186 g/mol. The van der Waals surface area contributed by atoms with E-state index in [0.29, 0.717) is 12.1 Å². The summed E-state index contributed by atoms with van der Waals surface area (Å²) in [5.41, 5.74) is 0. The Morgan fingerprint density at radius 2 is 2.13 bits per heavy atom. The third kappa shape index (κ3) is 2.73. The molecule has 88 valence electrons. The summed E-state index contributed by atoms with van der Waals surface area (Å²) in [7, 11) is 0. The summed E-state index contributed by atoms with van der Waals surface area (Å²) in [4.78, 5) is 0. The molecule has 0 aromatic heterocycles. The van der Waals surface area contributed by atoms with Gasteiger partial charge in [-0.2, -0.15) is 0 Å². The number of hydrogen-bond donors (Lipinski definition) is 1. The second-order valence-corrected chi connectivity index (χ2v) is 5.23. The largest absolute Gasteiger partial charge is 0.378 e. The monoisotopic (exact) mass is 211 g/mol. The Labute approximate surface area is 93.8 Å². The Bertz CT molecular complexity index is 191. The molecule has 1 N–H and O–H groups in total. The van der Waals surface area contributed by atoms with Crippen molar-refractivity contribution in [3.8, 4) is 0 Å². The van der Waals surface area contributed by atoms with E-state index < -0.39 is 0 Å². The van der Waals surface area contributed by atoms with Crippen molar-refractivity contribution >= 4 is 0 Å². The molecule has 3 atom stereocenters. The van der Waals surface area contributed by atoms with Crippen LogP contribution < -0.4 is 5.32 Å². The molecule has 0 aromatic rings. The molecule has 0 aromatic carbocycles. The third-order valence-corrected chi connectivity index (χ3v) is 4.23. The minimum atomic E-state index is 0.467. The molecular formula is C13H25NO. The van der Waals surface area contributed by atoms with Crippen LogP contribution in [0, 0.1) is 11.8 Å². The number of nitrogens with one attached hydrogen (secondary N) is 1. The molecule has 1 saturated heterocycles. The highest BCUT2D eigenvalue weighted by Gasteiger charge is 2.33. The zero-order valence-electron chi connectivity index (χ0n) is 10.2. The minimum absolute atomic E-state index is 0.467. The van der Waals surface area contributed by atoms with E-state index in [4.69, 9.17) is 4.74 Å². The Kier molecular flexibility index (Phi) is 4.04. The van der Waals surface area contributed by atoms with E-state index in [1.807, 2.05) is 0 Å². The van der Waals surface area contributed by atoms with Gasteiger partial charge in [0.05, 0.1) is 6.10 Å². The summed E-state index contributed by atoms with van der Waals surface area (Å²) < 4.78 is 5.69. The molecule has 0 bridgehead atoms. The third-order valence-electron chi connectivity index (χ3n) is 4.23. The highest BCUT2D eigenvalue weighted by atomic mass is 16.5. The van der Waals surface area contributed by atoms with Crippen molar-refractivity contribution in [1.82, 2.24) is 5.32 Å². The Morgan fingerprint density at radius 1 is 1.33 bits per heavy atom. The maximum atomic E-state index is 5.69. The van der Waals surface area contributed by atoms with Crippen molar-refractivity contribution in [3.63, 3.8) is 0 Å². The normalized spacial score (nSPS) is 34.0. The molecule has 1 aliphatic carbocycles. The number of hydrogen-bond acceptors (Lipinski definition) is 2. The Morgan fingerprint density at radius 3 is 2.60 bits per heavy atom. The lowest BCUT2D eigenvalue weighted by atomic mass is 9.77. The van der Waals surface area contributed by atoms with Gasteiger partial charge in [0.2, 0.25) is 0 Å². The van der Waals surface area contributed by atoms with E-state index in [0.717, 1.165) is 25.0 Å². The Balaban J connectivity index is 1.85. The molecule has 0 radical (unpaired) electrons. The summed E-state index contributed by atoms with van der Waals surface area (Å²) in [6.45, 7) is 6.52. The molecule has 1 heterocycles. The molecule has 3 unspecified atom stereocenters. The summed E-state index contributed by atoms with van der Waals surface area (Å²) >= 11 is 0. The molecule has 2 fully saturated rings. The number of ether oxygens (including phenoxy) is 1. The first kappa shape index (κ1) is 11.4. The van der Waals surface area contributed by atoms with Gasteiger partial charge in [-0.15, -0.1) is 0 Å². The van der Waals surface area contributed by atoms with E-state index in [-0.39, 0.29) is 0 Å². The first-order valence-corrected chi connectivity index (χ1v) is 6.66. The summed E-state index contributed by atoms with van der Waals surface area (Å²) in [6, 6.07) is 0.706. The molecule has 15 heavy (non-hydrogen) atoms. The standard InChI is InChI=1S/C13H25NO/c1-3-14-13(9-11-5-4-6-11)12-7-8-15-10(12)2/h10-14H,3-9H2,1-2H3. The molecule has 2 nitrogen and oxygen atoms in total. The van der Waals surface area contributed by atoms with Crippen molar-refractivity contribution in [3.05, 3.63) is 0 Å². The fourth-order valence-corrected chi connectivity index (χ4v) is 3.04. The van der Waals surface area contributed by atoms with E-state index in [9.17, 15) is 0 Å². The summed E-state index contributed by atoms with van der Waals surface area (Å²) in [6.07, 6.45) is 7.49. The lowest BCUT2D eigenvalue weighted by molar-refractivity contribution is 0.0889. The van der Waals surface area contributed by atoms with Crippen LogP contribution in [0.25, 0.3) is 0 Å². The van der Waals surface area contributed by atoms with Gasteiger partial charge >= 0.3 is 0 Å². The molecule has 2 rings (SSSR count). The predicted molar refractivity (Wildman–Crippen MR) is 62.9 cm³/mol. The van der Waals surface area contributed by atoms with E-state index >= 15 is 0 Å². The molecule has 2 aliphatic rings. The molecule has 1 saturated carbocycles. The van der Waals surface area contributed by atoms with Crippen molar-refractivity contribution in [1.29, 1.82) is 0 Å². The second-order valence-electron chi connectivity index (χ2n) is 5.23. The zero-order valence-corrected chi connectivity index (χ0v) is 10.2. The van der Waals surface area contributed by atoms with Gasteiger partial charge in [-0.05, 0) is 32.2 Å². The fraction of sp³-hybridized carbons (Fsp3) is 1.00. The van der Waals surface area contributed by atoms with E-state index in [2.05, 4.69) is 19.2 Å². The van der Waals surface area contributed by atoms with Crippen LogP contribution in [0.4, 0.5) is 0 Å². The van der Waals surface area contributed by atoms with Gasteiger partial charge in [-0.25, -0.2) is 0 Å². The first-order chi connectivity index (χ1) is 7.31. The lowest BCUT2D eigenvalue weighted by Gasteiger charge is -2.34. The van der Waals surface area contributed by atoms with Gasteiger partial charge in [-0.1, -0.05) is 26.2 Å². The van der Waals surface area contributed by atoms with Crippen molar-refractivity contribution < 1.29 is 4.74 Å². The highest BCUT2D eigenvalue weighted by molar-refractivity contribution is 4.87. The van der Waals surface area contributed by atoms with Gasteiger partial charge in [0, 0.05) is 18.6 Å². The average molecular weight is 211 g/mol. The molecule has 0 spiro atoms. The van der Waals surface area contributed by atoms with Crippen LogP contribution in [0.5, 0.6) is 0 Å². The van der Waals surface area contributed by atoms with Crippen LogP contribution in [0.1, 0.15) is 46.0 Å².